The van der Waals surface area contributed by atoms with Crippen molar-refractivity contribution < 1.29 is 62.1 Å². The van der Waals surface area contributed by atoms with Crippen molar-refractivity contribution in [2.45, 2.75) is 0 Å². The molecule has 0 aliphatic heterocycles. The molecule has 0 rings (SSSR count). The summed E-state index contributed by atoms with van der Waals surface area (Å²) in [5, 5.41) is 2.74. The van der Waals surface area contributed by atoms with Gasteiger partial charge in [0.1, 0.15) is 0 Å². The van der Waals surface area contributed by atoms with Gasteiger partial charge < -0.3 is 30.6 Å². The van der Waals surface area contributed by atoms with Crippen LogP contribution in [0, 0.1) is 39.9 Å². The first-order valence-electron chi connectivity index (χ1n) is 2.51. The topological polar surface area (TPSA) is 131 Å². The van der Waals surface area contributed by atoms with Crippen molar-refractivity contribution in [3.63, 3.8) is 0 Å². The minimum atomic E-state index is 0. The van der Waals surface area contributed by atoms with E-state index in [0.717, 1.165) is 0 Å². The second-order valence-electron chi connectivity index (χ2n) is 0.539. The number of hydrogen-bond donors (Lipinski definition) is 1. The molecule has 0 saturated carbocycles. The maximum Gasteiger partial charge on any atom is 0 e. The van der Waals surface area contributed by atoms with Crippen molar-refractivity contribution in [1.29, 1.82) is 0 Å². The van der Waals surface area contributed by atoms with Crippen LogP contribution in [-0.4, -0.2) is 11.8 Å². The number of rotatable bonds is 2. The van der Waals surface area contributed by atoms with Gasteiger partial charge in [0.25, 0.3) is 0 Å². The van der Waals surface area contributed by atoms with Crippen LogP contribution in [0.5, 0.6) is 0 Å². The zero-order valence-corrected chi connectivity index (χ0v) is 12.7. The quantitative estimate of drug-likeness (QED) is 0.293. The molecule has 19 heavy (non-hydrogen) atoms. The summed E-state index contributed by atoms with van der Waals surface area (Å²) in [5.41, 5.74) is 0. The predicted molar refractivity (Wildman–Crippen MR) is 51.2 cm³/mol. The molecule has 0 spiro atoms. The van der Waals surface area contributed by atoms with E-state index in [2.05, 4.69) is 70.5 Å². The first-order chi connectivity index (χ1) is 8.41. The summed E-state index contributed by atoms with van der Waals surface area (Å²) in [6, 6.07) is 0. The Morgan fingerprint density at radius 2 is 0.632 bits per heavy atom. The van der Waals surface area contributed by atoms with E-state index in [-0.39, 0.29) is 34.1 Å². The molecule has 0 aliphatic rings. The second kappa shape index (κ2) is 541. The van der Waals surface area contributed by atoms with Crippen molar-refractivity contribution >= 4 is 25.3 Å². The minimum Gasteiger partial charge on any atom is -0.778 e. The van der Waals surface area contributed by atoms with Crippen LogP contribution in [-0.2, 0) is 87.3 Å². The average molecular weight is 387 g/mol. The second-order valence-corrected chi connectivity index (χ2v) is 1.12. The third-order valence-electron chi connectivity index (χ3n) is 0.204. The van der Waals surface area contributed by atoms with Gasteiger partial charge in [-0.3, -0.25) is 0 Å². The van der Waals surface area contributed by atoms with E-state index >= 15 is 0 Å². The summed E-state index contributed by atoms with van der Waals surface area (Å²) in [6.45, 7) is 27.0. The smallest absolute Gasteiger partial charge is 0 e. The van der Waals surface area contributed by atoms with Crippen LogP contribution in [0.3, 0.4) is 0 Å². The maximum atomic E-state index is 7.50. The molecule has 108 valence electrons. The van der Waals surface area contributed by atoms with E-state index in [4.69, 9.17) is 27.9 Å². The molecule has 0 aromatic carbocycles. The zero-order chi connectivity index (χ0) is 16.1. The zero-order valence-electron chi connectivity index (χ0n) is 8.89. The van der Waals surface area contributed by atoms with E-state index < -0.39 is 0 Å². The van der Waals surface area contributed by atoms with Crippen LogP contribution < -0.4 is 5.32 Å². The monoisotopic (exact) mass is 387 g/mol. The van der Waals surface area contributed by atoms with Crippen LogP contribution in [0.15, 0.2) is 0 Å². The fourth-order valence-electron chi connectivity index (χ4n) is 0.0417. The van der Waals surface area contributed by atoms with Crippen LogP contribution in [0.2, 0.25) is 0 Å². The van der Waals surface area contributed by atoms with Gasteiger partial charge in [0.15, 0.2) is 0 Å². The largest absolute Gasteiger partial charge is 0.778 e. The molecule has 1 N–H and O–H groups in total. The van der Waals surface area contributed by atoms with E-state index in [9.17, 15) is 0 Å². The van der Waals surface area contributed by atoms with Crippen LogP contribution in [0.1, 0.15) is 0 Å². The van der Waals surface area contributed by atoms with Crippen molar-refractivity contribution in [3.8, 4) is 0 Å². The molecule has 0 radical (unpaired) electrons. The van der Waals surface area contributed by atoms with Gasteiger partial charge in [0.2, 0.25) is 0 Å². The summed E-state index contributed by atoms with van der Waals surface area (Å²) < 4.78 is 45.0. The molecule has 0 bridgehead atoms. The molecular weight excluding hydrogens is 382 g/mol. The minimum absolute atomic E-state index is 0. The summed E-state index contributed by atoms with van der Waals surface area (Å²) in [4.78, 5) is 0. The Morgan fingerprint density at radius 3 is 0.632 bits per heavy atom. The molecule has 7 nitrogen and oxygen atoms in total. The van der Waals surface area contributed by atoms with Gasteiger partial charge in [-0.25, -0.2) is 0 Å². The third kappa shape index (κ3) is 1030. The van der Waals surface area contributed by atoms with Crippen LogP contribution >= 0.6 is 0 Å². The molecule has 0 unspecified atom stereocenters. The Morgan fingerprint density at radius 1 is 0.526 bits per heavy atom. The van der Waals surface area contributed by atoms with E-state index in [1.165, 1.54) is 0 Å². The fraction of sp³-hybridized carbons (Fsp3) is 0.250. The van der Waals surface area contributed by atoms with Gasteiger partial charge in [-0.2, -0.15) is 0 Å². The predicted octanol–water partition coefficient (Wildman–Crippen LogP) is -0.645. The van der Waals surface area contributed by atoms with Crippen molar-refractivity contribution in [3.05, 3.63) is 39.9 Å². The van der Waals surface area contributed by atoms with Crippen LogP contribution in [0.4, 0.5) is 0 Å². The Kier molecular flexibility index (Phi) is 1740. The van der Waals surface area contributed by atoms with E-state index in [0.29, 0.717) is 11.8 Å². The molecule has 0 atom stereocenters. The Bertz CT molecular complexity index is 145. The SMILES string of the molecule is [C-]#[O+].[C-]#[O+].[C-]#[O+].[C-]#[O+].[C-]#[O+].[C-]#[O+].[Fe].[Fe].[S-]CNC[S-]. The average Bonchev–Trinajstić information content (AvgIpc) is 2.52. The van der Waals surface area contributed by atoms with E-state index in [1.807, 2.05) is 0 Å². The van der Waals surface area contributed by atoms with Crippen molar-refractivity contribution in [2.24, 2.45) is 0 Å². The first kappa shape index (κ1) is 61.3. The maximum absolute atomic E-state index is 7.50. The summed E-state index contributed by atoms with van der Waals surface area (Å²) in [7, 11) is 0. The summed E-state index contributed by atoms with van der Waals surface area (Å²) >= 11 is 8.95. The van der Waals surface area contributed by atoms with Gasteiger partial charge in [-0.1, -0.05) is 0 Å². The first-order valence-corrected chi connectivity index (χ1v) is 3.66. The van der Waals surface area contributed by atoms with Gasteiger partial charge >= 0.3 is 67.8 Å². The van der Waals surface area contributed by atoms with Gasteiger partial charge in [-0.05, 0) is 0 Å². The Balaban J connectivity index is -0.00000000912. The Labute approximate surface area is 144 Å². The standard InChI is InChI=1S/C2H7NS2.6CO.2Fe/c4-1-3-2-5;6*1-2;;/h3-5H,1-2H2;;;;;;;;/p-2. The molecular formula is C8H5Fe2NO6S2-2. The molecule has 0 aliphatic carbocycles. The molecule has 0 aromatic heterocycles. The molecule has 0 fully saturated rings. The van der Waals surface area contributed by atoms with Crippen molar-refractivity contribution in [2.75, 3.05) is 11.8 Å². The third-order valence-corrected chi connectivity index (χ3v) is 0.612. The van der Waals surface area contributed by atoms with Gasteiger partial charge in [0.05, 0.1) is 0 Å². The fourth-order valence-corrected chi connectivity index (χ4v) is 0.375. The molecule has 11 heteroatoms. The molecule has 0 aromatic rings. The normalized spacial score (nSPS) is 2.84. The number of nitrogens with one attached hydrogen (secondary N) is 1. The Hall–Kier alpha value is 0.139. The van der Waals surface area contributed by atoms with Gasteiger partial charge in [0, 0.05) is 34.1 Å². The van der Waals surface area contributed by atoms with Crippen molar-refractivity contribution in [1.82, 2.24) is 5.32 Å². The van der Waals surface area contributed by atoms with Crippen LogP contribution in [0.25, 0.3) is 0 Å². The van der Waals surface area contributed by atoms with E-state index in [1.54, 1.807) is 0 Å². The summed E-state index contributed by atoms with van der Waals surface area (Å²) in [5.74, 6) is 1.15. The summed E-state index contributed by atoms with van der Waals surface area (Å²) in [6.07, 6.45) is 0. The molecule has 0 amide bonds. The number of hydrogen-bond acceptors (Lipinski definition) is 3. The van der Waals surface area contributed by atoms with Gasteiger partial charge in [-0.15, -0.1) is 11.8 Å². The molecule has 0 heterocycles. The molecule has 0 saturated heterocycles.